The van der Waals surface area contributed by atoms with Crippen LogP contribution >= 0.6 is 11.3 Å². The number of aryl methyl sites for hydroxylation is 1. The molecule has 1 saturated heterocycles. The molecule has 0 aromatic carbocycles. The summed E-state index contributed by atoms with van der Waals surface area (Å²) >= 11 is 1.70. The minimum atomic E-state index is 0.406. The third-order valence-electron chi connectivity index (χ3n) is 1.85. The molecule has 0 spiro atoms. The minimum Gasteiger partial charge on any atom is -0.487 e. The summed E-state index contributed by atoms with van der Waals surface area (Å²) in [6.45, 7) is 4.07. The standard InChI is InChI=1S/C8H11NOS/c1-6-4-11-5-8(6)10-7-2-9-3-7/h4-5,7,9H,2-3H2,1H3. The molecule has 0 atom stereocenters. The Bertz CT molecular complexity index is 242. The number of ether oxygens (including phenoxy) is 1. The Morgan fingerprint density at radius 3 is 2.82 bits per heavy atom. The minimum absolute atomic E-state index is 0.406. The van der Waals surface area contributed by atoms with Crippen molar-refractivity contribution in [2.24, 2.45) is 0 Å². The van der Waals surface area contributed by atoms with Crippen LogP contribution in [0.25, 0.3) is 0 Å². The van der Waals surface area contributed by atoms with Gasteiger partial charge in [-0.1, -0.05) is 0 Å². The monoisotopic (exact) mass is 169 g/mol. The Morgan fingerprint density at radius 1 is 1.55 bits per heavy atom. The highest BCUT2D eigenvalue weighted by atomic mass is 32.1. The molecule has 60 valence electrons. The number of hydrogen-bond donors (Lipinski definition) is 1. The maximum absolute atomic E-state index is 5.67. The lowest BCUT2D eigenvalue weighted by molar-refractivity contribution is 0.142. The van der Waals surface area contributed by atoms with E-state index in [1.165, 1.54) is 5.56 Å². The molecule has 2 nitrogen and oxygen atoms in total. The van der Waals surface area contributed by atoms with Crippen molar-refractivity contribution in [3.05, 3.63) is 16.3 Å². The van der Waals surface area contributed by atoms with Gasteiger partial charge in [-0.3, -0.25) is 0 Å². The van der Waals surface area contributed by atoms with Gasteiger partial charge in [-0.15, -0.1) is 11.3 Å². The van der Waals surface area contributed by atoms with E-state index in [2.05, 4.69) is 23.0 Å². The molecule has 2 rings (SSSR count). The topological polar surface area (TPSA) is 21.3 Å². The quantitative estimate of drug-likeness (QED) is 0.722. The van der Waals surface area contributed by atoms with Crippen molar-refractivity contribution in [1.82, 2.24) is 5.32 Å². The highest BCUT2D eigenvalue weighted by molar-refractivity contribution is 7.08. The fraction of sp³-hybridized carbons (Fsp3) is 0.500. The van der Waals surface area contributed by atoms with E-state index in [9.17, 15) is 0 Å². The predicted molar refractivity (Wildman–Crippen MR) is 46.3 cm³/mol. The van der Waals surface area contributed by atoms with E-state index in [4.69, 9.17) is 4.74 Å². The summed E-state index contributed by atoms with van der Waals surface area (Å²) in [4.78, 5) is 0. The van der Waals surface area contributed by atoms with Crippen LogP contribution in [-0.4, -0.2) is 19.2 Å². The highest BCUT2D eigenvalue weighted by Crippen LogP contribution is 2.23. The van der Waals surface area contributed by atoms with Crippen LogP contribution in [-0.2, 0) is 0 Å². The molecule has 0 bridgehead atoms. The van der Waals surface area contributed by atoms with Crippen molar-refractivity contribution < 1.29 is 4.74 Å². The van der Waals surface area contributed by atoms with Crippen molar-refractivity contribution in [3.8, 4) is 5.75 Å². The van der Waals surface area contributed by atoms with Crippen LogP contribution in [0.2, 0.25) is 0 Å². The van der Waals surface area contributed by atoms with Crippen LogP contribution in [0.5, 0.6) is 5.75 Å². The highest BCUT2D eigenvalue weighted by Gasteiger charge is 2.18. The molecule has 0 unspecified atom stereocenters. The maximum Gasteiger partial charge on any atom is 0.133 e. The Morgan fingerprint density at radius 2 is 2.36 bits per heavy atom. The summed E-state index contributed by atoms with van der Waals surface area (Å²) in [6, 6.07) is 0. The van der Waals surface area contributed by atoms with Gasteiger partial charge in [0.25, 0.3) is 0 Å². The molecular weight excluding hydrogens is 158 g/mol. The lowest BCUT2D eigenvalue weighted by Crippen LogP contribution is -2.50. The second-order valence-corrected chi connectivity index (χ2v) is 3.56. The third kappa shape index (κ3) is 1.39. The number of thiophene rings is 1. The molecule has 0 amide bonds. The molecule has 1 aromatic heterocycles. The zero-order valence-electron chi connectivity index (χ0n) is 6.46. The third-order valence-corrected chi connectivity index (χ3v) is 2.69. The Labute approximate surface area is 70.2 Å². The zero-order chi connectivity index (χ0) is 7.68. The summed E-state index contributed by atoms with van der Waals surface area (Å²) in [5.41, 5.74) is 1.25. The van der Waals surface area contributed by atoms with Crippen molar-refractivity contribution in [1.29, 1.82) is 0 Å². The second-order valence-electron chi connectivity index (χ2n) is 2.82. The Kier molecular flexibility index (Phi) is 1.84. The van der Waals surface area contributed by atoms with Crippen molar-refractivity contribution >= 4 is 11.3 Å². The normalized spacial score (nSPS) is 17.9. The Balaban J connectivity index is 1.99. The maximum atomic E-state index is 5.67. The van der Waals surface area contributed by atoms with E-state index in [1.54, 1.807) is 11.3 Å². The average Bonchev–Trinajstić information content (AvgIpc) is 2.27. The van der Waals surface area contributed by atoms with E-state index >= 15 is 0 Å². The average molecular weight is 169 g/mol. The summed E-state index contributed by atoms with van der Waals surface area (Å²) in [6.07, 6.45) is 0.406. The lowest BCUT2D eigenvalue weighted by Gasteiger charge is -2.27. The summed E-state index contributed by atoms with van der Waals surface area (Å²) < 4.78 is 5.67. The summed E-state index contributed by atoms with van der Waals surface area (Å²) in [5.74, 6) is 1.06. The molecule has 1 N–H and O–H groups in total. The fourth-order valence-electron chi connectivity index (χ4n) is 0.995. The van der Waals surface area contributed by atoms with E-state index in [1.807, 2.05) is 0 Å². The van der Waals surface area contributed by atoms with Gasteiger partial charge in [-0.05, 0) is 12.3 Å². The van der Waals surface area contributed by atoms with Crippen LogP contribution in [0, 0.1) is 6.92 Å². The van der Waals surface area contributed by atoms with Crippen LogP contribution in [0.1, 0.15) is 5.56 Å². The van der Waals surface area contributed by atoms with Gasteiger partial charge in [0.2, 0.25) is 0 Å². The molecular formula is C8H11NOS. The number of rotatable bonds is 2. The number of hydrogen-bond acceptors (Lipinski definition) is 3. The molecule has 2 heterocycles. The van der Waals surface area contributed by atoms with Crippen LogP contribution in [0.15, 0.2) is 10.8 Å². The van der Waals surface area contributed by atoms with Gasteiger partial charge in [0.15, 0.2) is 0 Å². The first kappa shape index (κ1) is 7.13. The van der Waals surface area contributed by atoms with E-state index in [0.29, 0.717) is 6.10 Å². The van der Waals surface area contributed by atoms with Crippen LogP contribution in [0.4, 0.5) is 0 Å². The van der Waals surface area contributed by atoms with Gasteiger partial charge < -0.3 is 10.1 Å². The van der Waals surface area contributed by atoms with Crippen molar-refractivity contribution in [2.75, 3.05) is 13.1 Å². The molecule has 3 heteroatoms. The van der Waals surface area contributed by atoms with E-state index in [0.717, 1.165) is 18.8 Å². The van der Waals surface area contributed by atoms with E-state index < -0.39 is 0 Å². The first-order valence-corrected chi connectivity index (χ1v) is 4.70. The van der Waals surface area contributed by atoms with Gasteiger partial charge >= 0.3 is 0 Å². The SMILES string of the molecule is Cc1cscc1OC1CNC1. The van der Waals surface area contributed by atoms with Gasteiger partial charge in [0, 0.05) is 24.0 Å². The van der Waals surface area contributed by atoms with Crippen LogP contribution in [0.3, 0.4) is 0 Å². The van der Waals surface area contributed by atoms with Gasteiger partial charge in [-0.25, -0.2) is 0 Å². The predicted octanol–water partition coefficient (Wildman–Crippen LogP) is 1.41. The summed E-state index contributed by atoms with van der Waals surface area (Å²) in [5, 5.41) is 7.35. The molecule has 0 saturated carbocycles. The molecule has 1 fully saturated rings. The van der Waals surface area contributed by atoms with Gasteiger partial charge in [0.1, 0.15) is 11.9 Å². The summed E-state index contributed by atoms with van der Waals surface area (Å²) in [7, 11) is 0. The van der Waals surface area contributed by atoms with E-state index in [-0.39, 0.29) is 0 Å². The lowest BCUT2D eigenvalue weighted by atomic mass is 10.2. The molecule has 1 aliphatic heterocycles. The first-order valence-electron chi connectivity index (χ1n) is 3.76. The second kappa shape index (κ2) is 2.83. The smallest absolute Gasteiger partial charge is 0.133 e. The van der Waals surface area contributed by atoms with Crippen molar-refractivity contribution in [3.63, 3.8) is 0 Å². The van der Waals surface area contributed by atoms with Crippen LogP contribution < -0.4 is 10.1 Å². The molecule has 1 aromatic rings. The van der Waals surface area contributed by atoms with Crippen molar-refractivity contribution in [2.45, 2.75) is 13.0 Å². The Hall–Kier alpha value is -0.540. The molecule has 0 aliphatic carbocycles. The molecule has 11 heavy (non-hydrogen) atoms. The zero-order valence-corrected chi connectivity index (χ0v) is 7.28. The largest absolute Gasteiger partial charge is 0.487 e. The fourth-order valence-corrected chi connectivity index (χ4v) is 1.75. The molecule has 1 aliphatic rings. The number of nitrogens with one attached hydrogen (secondary N) is 1. The molecule has 0 radical (unpaired) electrons. The first-order chi connectivity index (χ1) is 5.36. The van der Waals surface area contributed by atoms with Gasteiger partial charge in [0.05, 0.1) is 0 Å². The van der Waals surface area contributed by atoms with Gasteiger partial charge in [-0.2, -0.15) is 0 Å².